The van der Waals surface area contributed by atoms with Crippen LogP contribution in [-0.2, 0) is 27.4 Å². The molecule has 0 saturated carbocycles. The molecular weight excluding hydrogens is 380 g/mol. The quantitative estimate of drug-likeness (QED) is 0.547. The van der Waals surface area contributed by atoms with E-state index in [1.54, 1.807) is 0 Å². The Morgan fingerprint density at radius 3 is 2.17 bits per heavy atom. The van der Waals surface area contributed by atoms with Gasteiger partial charge in [0, 0.05) is 13.2 Å². The first-order valence-corrected chi connectivity index (χ1v) is 11.0. The largest absolute Gasteiger partial charge is 0.396 e. The molecule has 5 nitrogen and oxygen atoms in total. The lowest BCUT2D eigenvalue weighted by atomic mass is 10.0. The van der Waals surface area contributed by atoms with Crippen molar-refractivity contribution in [2.24, 2.45) is 0 Å². The van der Waals surface area contributed by atoms with Gasteiger partial charge in [0.2, 0.25) is 0 Å². The van der Waals surface area contributed by atoms with E-state index < -0.39 is 6.10 Å². The van der Waals surface area contributed by atoms with E-state index in [-0.39, 0.29) is 24.9 Å². The van der Waals surface area contributed by atoms with Crippen molar-refractivity contribution in [1.29, 1.82) is 0 Å². The van der Waals surface area contributed by atoms with Crippen LogP contribution in [0.1, 0.15) is 43.2 Å². The van der Waals surface area contributed by atoms with E-state index in [4.69, 9.17) is 14.2 Å². The summed E-state index contributed by atoms with van der Waals surface area (Å²) in [7, 11) is 0. The molecule has 1 aliphatic rings. The van der Waals surface area contributed by atoms with Crippen molar-refractivity contribution in [3.8, 4) is 0 Å². The normalized spacial score (nSPS) is 24.5. The molecule has 0 bridgehead atoms. The molecule has 1 heterocycles. The van der Waals surface area contributed by atoms with Crippen molar-refractivity contribution in [3.63, 3.8) is 0 Å². The number of aliphatic hydroxyl groups is 2. The second-order valence-electron chi connectivity index (χ2n) is 7.89. The summed E-state index contributed by atoms with van der Waals surface area (Å²) in [6, 6.07) is 20.2. The third-order valence-electron chi connectivity index (χ3n) is 5.55. The first-order chi connectivity index (χ1) is 14.8. The van der Waals surface area contributed by atoms with Gasteiger partial charge in [0.15, 0.2) is 0 Å². The SMILES string of the molecule is OCCC[C@H]1O[C@@H](CCOCc2ccccc2)[C@H](OCc2ccccc2)CC[C@@H]1O. The van der Waals surface area contributed by atoms with Crippen LogP contribution >= 0.6 is 0 Å². The van der Waals surface area contributed by atoms with Crippen LogP contribution in [0.2, 0.25) is 0 Å². The van der Waals surface area contributed by atoms with Gasteiger partial charge in [0.25, 0.3) is 0 Å². The monoisotopic (exact) mass is 414 g/mol. The number of rotatable bonds is 11. The molecule has 2 aromatic rings. The van der Waals surface area contributed by atoms with E-state index in [1.807, 2.05) is 36.4 Å². The Bertz CT molecular complexity index is 693. The molecular formula is C25H34O5. The molecule has 164 valence electrons. The summed E-state index contributed by atoms with van der Waals surface area (Å²) in [4.78, 5) is 0. The zero-order chi connectivity index (χ0) is 21.0. The maximum Gasteiger partial charge on any atom is 0.0863 e. The number of benzene rings is 2. The first-order valence-electron chi connectivity index (χ1n) is 11.0. The van der Waals surface area contributed by atoms with E-state index in [0.717, 1.165) is 17.5 Å². The number of hydrogen-bond donors (Lipinski definition) is 2. The Balaban J connectivity index is 1.57. The third kappa shape index (κ3) is 7.49. The lowest BCUT2D eigenvalue weighted by Gasteiger charge is -2.28. The van der Waals surface area contributed by atoms with Crippen molar-refractivity contribution >= 4 is 0 Å². The van der Waals surface area contributed by atoms with E-state index in [1.165, 1.54) is 0 Å². The molecule has 4 atom stereocenters. The molecule has 0 aromatic heterocycles. The fourth-order valence-electron chi connectivity index (χ4n) is 3.85. The Hall–Kier alpha value is -1.76. The van der Waals surface area contributed by atoms with Gasteiger partial charge in [-0.3, -0.25) is 0 Å². The van der Waals surface area contributed by atoms with Crippen molar-refractivity contribution in [2.75, 3.05) is 13.2 Å². The fourth-order valence-corrected chi connectivity index (χ4v) is 3.85. The Kier molecular flexibility index (Phi) is 9.80. The minimum absolute atomic E-state index is 0.0979. The lowest BCUT2D eigenvalue weighted by molar-refractivity contribution is -0.125. The topological polar surface area (TPSA) is 68.2 Å². The zero-order valence-electron chi connectivity index (χ0n) is 17.6. The van der Waals surface area contributed by atoms with Crippen LogP contribution in [-0.4, -0.2) is 47.8 Å². The van der Waals surface area contributed by atoms with E-state index >= 15 is 0 Å². The average Bonchev–Trinajstić information content (AvgIpc) is 2.94. The van der Waals surface area contributed by atoms with Gasteiger partial charge < -0.3 is 24.4 Å². The summed E-state index contributed by atoms with van der Waals surface area (Å²) in [5.74, 6) is 0. The number of aliphatic hydroxyl groups excluding tert-OH is 2. The zero-order valence-corrected chi connectivity index (χ0v) is 17.6. The molecule has 2 N–H and O–H groups in total. The molecule has 1 aliphatic heterocycles. The van der Waals surface area contributed by atoms with Gasteiger partial charge in [-0.05, 0) is 43.2 Å². The smallest absolute Gasteiger partial charge is 0.0863 e. The highest BCUT2D eigenvalue weighted by Crippen LogP contribution is 2.27. The summed E-state index contributed by atoms with van der Waals surface area (Å²) in [5.41, 5.74) is 2.27. The van der Waals surface area contributed by atoms with E-state index in [9.17, 15) is 10.2 Å². The first kappa shape index (κ1) is 22.9. The molecule has 0 amide bonds. The van der Waals surface area contributed by atoms with Gasteiger partial charge in [-0.25, -0.2) is 0 Å². The molecule has 30 heavy (non-hydrogen) atoms. The molecule has 0 spiro atoms. The Morgan fingerprint density at radius 2 is 1.50 bits per heavy atom. The van der Waals surface area contributed by atoms with Crippen LogP contribution in [0, 0.1) is 0 Å². The maximum absolute atomic E-state index is 10.5. The molecule has 0 radical (unpaired) electrons. The lowest BCUT2D eigenvalue weighted by Crippen LogP contribution is -2.36. The van der Waals surface area contributed by atoms with Crippen LogP contribution in [0.15, 0.2) is 60.7 Å². The van der Waals surface area contributed by atoms with E-state index in [2.05, 4.69) is 24.3 Å². The highest BCUT2D eigenvalue weighted by Gasteiger charge is 2.33. The molecule has 5 heteroatoms. The molecule has 2 aromatic carbocycles. The van der Waals surface area contributed by atoms with Crippen LogP contribution in [0.3, 0.4) is 0 Å². The van der Waals surface area contributed by atoms with Crippen LogP contribution in [0.5, 0.6) is 0 Å². The molecule has 1 saturated heterocycles. The molecule has 0 aliphatic carbocycles. The standard InChI is InChI=1S/C25H34O5/c26-16-7-12-23-22(27)13-14-24(29-19-21-10-5-2-6-11-21)25(30-23)15-17-28-18-20-8-3-1-4-9-20/h1-6,8-11,22-27H,7,12-19H2/t22-,23+,24+,25-/m0/s1. The van der Waals surface area contributed by atoms with Crippen LogP contribution < -0.4 is 0 Å². The molecule has 1 fully saturated rings. The second-order valence-corrected chi connectivity index (χ2v) is 7.89. The summed E-state index contributed by atoms with van der Waals surface area (Å²) in [6.07, 6.45) is 2.29. The minimum atomic E-state index is -0.533. The van der Waals surface area contributed by atoms with Crippen LogP contribution in [0.4, 0.5) is 0 Å². The summed E-state index contributed by atoms with van der Waals surface area (Å²) >= 11 is 0. The minimum Gasteiger partial charge on any atom is -0.396 e. The van der Waals surface area contributed by atoms with Gasteiger partial charge in [-0.15, -0.1) is 0 Å². The van der Waals surface area contributed by atoms with Crippen molar-refractivity contribution in [2.45, 2.75) is 69.7 Å². The summed E-state index contributed by atoms with van der Waals surface area (Å²) in [6.45, 7) is 1.76. The van der Waals surface area contributed by atoms with E-state index in [0.29, 0.717) is 45.5 Å². The second kappa shape index (κ2) is 12.8. The van der Waals surface area contributed by atoms with Gasteiger partial charge in [-0.1, -0.05) is 60.7 Å². The number of ether oxygens (including phenoxy) is 3. The maximum atomic E-state index is 10.5. The number of hydrogen-bond acceptors (Lipinski definition) is 5. The third-order valence-corrected chi connectivity index (χ3v) is 5.55. The van der Waals surface area contributed by atoms with Crippen LogP contribution in [0.25, 0.3) is 0 Å². The predicted molar refractivity (Wildman–Crippen MR) is 116 cm³/mol. The molecule has 3 rings (SSSR count). The van der Waals surface area contributed by atoms with Crippen molar-refractivity contribution < 1.29 is 24.4 Å². The van der Waals surface area contributed by atoms with Crippen molar-refractivity contribution in [3.05, 3.63) is 71.8 Å². The van der Waals surface area contributed by atoms with Gasteiger partial charge in [-0.2, -0.15) is 0 Å². The van der Waals surface area contributed by atoms with Gasteiger partial charge in [0.05, 0.1) is 37.6 Å². The predicted octanol–water partition coefficient (Wildman–Crippen LogP) is 3.86. The average molecular weight is 415 g/mol. The Labute approximate surface area is 179 Å². The summed E-state index contributed by atoms with van der Waals surface area (Å²) in [5, 5.41) is 19.7. The van der Waals surface area contributed by atoms with Crippen molar-refractivity contribution in [1.82, 2.24) is 0 Å². The van der Waals surface area contributed by atoms with Gasteiger partial charge >= 0.3 is 0 Å². The highest BCUT2D eigenvalue weighted by atomic mass is 16.6. The Morgan fingerprint density at radius 1 is 0.833 bits per heavy atom. The highest BCUT2D eigenvalue weighted by molar-refractivity contribution is 5.14. The van der Waals surface area contributed by atoms with Gasteiger partial charge in [0.1, 0.15) is 0 Å². The fraction of sp³-hybridized carbons (Fsp3) is 0.520. The summed E-state index contributed by atoms with van der Waals surface area (Å²) < 4.78 is 18.4. The molecule has 0 unspecified atom stereocenters.